The van der Waals surface area contributed by atoms with Crippen LogP contribution in [0.2, 0.25) is 5.02 Å². The zero-order valence-electron chi connectivity index (χ0n) is 12.2. The molecular weight excluding hydrogens is 323 g/mol. The van der Waals surface area contributed by atoms with Gasteiger partial charge in [-0.2, -0.15) is 13.2 Å². The Labute approximate surface area is 138 Å². The number of alkyl halides is 3. The van der Waals surface area contributed by atoms with Crippen molar-refractivity contribution in [1.82, 2.24) is 4.90 Å². The first-order valence-corrected chi connectivity index (χ1v) is 7.62. The Hall–Kier alpha value is -1.78. The van der Waals surface area contributed by atoms with E-state index in [4.69, 9.17) is 11.6 Å². The highest BCUT2D eigenvalue weighted by molar-refractivity contribution is 6.30. The maximum atomic E-state index is 13.1. The van der Waals surface area contributed by atoms with Crippen molar-refractivity contribution < 1.29 is 13.2 Å². The molecule has 1 atom stereocenters. The van der Waals surface area contributed by atoms with Gasteiger partial charge in [0.25, 0.3) is 0 Å². The molecule has 2 aromatic rings. The highest BCUT2D eigenvalue weighted by Gasteiger charge is 2.40. The summed E-state index contributed by atoms with van der Waals surface area (Å²) in [5, 5.41) is 0.615. The van der Waals surface area contributed by atoms with E-state index in [9.17, 15) is 13.2 Å². The molecule has 0 spiro atoms. The Morgan fingerprint density at radius 3 is 2.26 bits per heavy atom. The molecule has 0 N–H and O–H groups in total. The lowest BCUT2D eigenvalue weighted by Gasteiger charge is -2.25. The number of halogens is 4. The van der Waals surface area contributed by atoms with E-state index in [1.165, 1.54) is 6.08 Å². The van der Waals surface area contributed by atoms with Crippen molar-refractivity contribution >= 4 is 11.6 Å². The van der Waals surface area contributed by atoms with Gasteiger partial charge in [-0.3, -0.25) is 4.90 Å². The van der Waals surface area contributed by atoms with Gasteiger partial charge in [-0.15, -0.1) is 0 Å². The molecule has 0 amide bonds. The molecule has 0 saturated carbocycles. The monoisotopic (exact) mass is 337 g/mol. The van der Waals surface area contributed by atoms with Crippen LogP contribution in [0.25, 0.3) is 0 Å². The zero-order valence-corrected chi connectivity index (χ0v) is 13.0. The maximum absolute atomic E-state index is 13.1. The minimum Gasteiger partial charge on any atom is -0.284 e. The van der Waals surface area contributed by atoms with Crippen LogP contribution in [-0.4, -0.2) is 17.6 Å². The van der Waals surface area contributed by atoms with Crippen molar-refractivity contribution in [2.75, 3.05) is 6.54 Å². The van der Waals surface area contributed by atoms with E-state index in [0.717, 1.165) is 11.1 Å². The van der Waals surface area contributed by atoms with E-state index in [1.54, 1.807) is 12.1 Å². The second-order valence-corrected chi connectivity index (χ2v) is 6.01. The van der Waals surface area contributed by atoms with Crippen LogP contribution in [0.15, 0.2) is 66.2 Å². The molecule has 1 aliphatic rings. The van der Waals surface area contributed by atoms with Gasteiger partial charge in [0.2, 0.25) is 0 Å². The summed E-state index contributed by atoms with van der Waals surface area (Å²) in [5.41, 5.74) is 1.31. The van der Waals surface area contributed by atoms with Crippen LogP contribution in [0.4, 0.5) is 13.2 Å². The van der Waals surface area contributed by atoms with E-state index in [1.807, 2.05) is 47.4 Å². The van der Waals surface area contributed by atoms with E-state index in [2.05, 4.69) is 0 Å². The van der Waals surface area contributed by atoms with E-state index >= 15 is 0 Å². The summed E-state index contributed by atoms with van der Waals surface area (Å²) in [4.78, 5) is 1.82. The minimum atomic E-state index is -4.29. The summed E-state index contributed by atoms with van der Waals surface area (Å²) in [7, 11) is 0. The summed E-state index contributed by atoms with van der Waals surface area (Å²) >= 11 is 5.86. The van der Waals surface area contributed by atoms with Crippen LogP contribution in [0.3, 0.4) is 0 Å². The van der Waals surface area contributed by atoms with Gasteiger partial charge >= 0.3 is 6.18 Å². The lowest BCUT2D eigenvalue weighted by molar-refractivity contribution is -0.0937. The molecule has 0 radical (unpaired) electrons. The number of benzene rings is 2. The van der Waals surface area contributed by atoms with Gasteiger partial charge in [0.05, 0.1) is 6.04 Å². The first-order valence-electron chi connectivity index (χ1n) is 7.25. The van der Waals surface area contributed by atoms with Crippen molar-refractivity contribution in [2.24, 2.45) is 0 Å². The van der Waals surface area contributed by atoms with Gasteiger partial charge in [0.15, 0.2) is 0 Å². The van der Waals surface area contributed by atoms with E-state index in [0.29, 0.717) is 11.6 Å². The van der Waals surface area contributed by atoms with Crippen molar-refractivity contribution in [3.8, 4) is 0 Å². The molecule has 2 aromatic carbocycles. The van der Waals surface area contributed by atoms with Crippen molar-refractivity contribution in [3.63, 3.8) is 0 Å². The predicted molar refractivity (Wildman–Crippen MR) is 85.2 cm³/mol. The number of nitrogens with zero attached hydrogens (tertiary/aromatic N) is 1. The molecule has 23 heavy (non-hydrogen) atoms. The normalized spacial score (nSPS) is 19.0. The first kappa shape index (κ1) is 16.1. The third kappa shape index (κ3) is 3.77. The molecule has 0 aromatic heterocycles. The highest BCUT2D eigenvalue weighted by Crippen LogP contribution is 2.38. The van der Waals surface area contributed by atoms with E-state index < -0.39 is 11.7 Å². The maximum Gasteiger partial charge on any atom is 0.413 e. The van der Waals surface area contributed by atoms with Crippen LogP contribution in [0.5, 0.6) is 0 Å². The predicted octanol–water partition coefficient (Wildman–Crippen LogP) is 5.39. The fourth-order valence-corrected chi connectivity index (χ4v) is 2.91. The summed E-state index contributed by atoms with van der Waals surface area (Å²) in [5.74, 6) is 0. The largest absolute Gasteiger partial charge is 0.413 e. The van der Waals surface area contributed by atoms with Gasteiger partial charge in [0.1, 0.15) is 0 Å². The average Bonchev–Trinajstić information content (AvgIpc) is 2.94. The number of rotatable bonds is 3. The molecule has 0 saturated heterocycles. The van der Waals surface area contributed by atoms with Crippen LogP contribution >= 0.6 is 11.6 Å². The lowest BCUT2D eigenvalue weighted by Crippen LogP contribution is -2.26. The second kappa shape index (κ2) is 6.38. The quantitative estimate of drug-likeness (QED) is 0.679. The Bertz CT molecular complexity index is 692. The summed E-state index contributed by atoms with van der Waals surface area (Å²) in [6.45, 7) is 0.332. The van der Waals surface area contributed by atoms with Crippen LogP contribution in [-0.2, 0) is 6.54 Å². The van der Waals surface area contributed by atoms with Gasteiger partial charge in [0, 0.05) is 23.7 Å². The summed E-state index contributed by atoms with van der Waals surface area (Å²) in [6.07, 6.45) is -2.97. The van der Waals surface area contributed by atoms with Crippen LogP contribution in [0, 0.1) is 0 Å². The highest BCUT2D eigenvalue weighted by atomic mass is 35.5. The molecule has 1 nitrogen and oxygen atoms in total. The second-order valence-electron chi connectivity index (χ2n) is 5.58. The van der Waals surface area contributed by atoms with Gasteiger partial charge < -0.3 is 0 Å². The molecular formula is C18H15ClF3N. The van der Waals surface area contributed by atoms with Crippen molar-refractivity contribution in [2.45, 2.75) is 18.8 Å². The Morgan fingerprint density at radius 2 is 1.65 bits per heavy atom. The molecule has 0 aliphatic carbocycles. The lowest BCUT2D eigenvalue weighted by atomic mass is 10.1. The molecule has 1 heterocycles. The first-order chi connectivity index (χ1) is 10.9. The number of hydrogen-bond donors (Lipinski definition) is 0. The standard InChI is InChI=1S/C18H15ClF3N/c19-16-8-6-13(7-9-16)11-23-12-15(18(20,21)22)10-17(23)14-4-2-1-3-5-14/h1-10,17H,11-12H2. The molecule has 3 rings (SSSR count). The molecule has 1 unspecified atom stereocenters. The fraction of sp³-hybridized carbons (Fsp3) is 0.222. The SMILES string of the molecule is FC(F)(F)C1=CC(c2ccccc2)N(Cc2ccc(Cl)cc2)C1. The van der Waals surface area contributed by atoms with Gasteiger partial charge in [-0.05, 0) is 23.3 Å². The van der Waals surface area contributed by atoms with Crippen LogP contribution < -0.4 is 0 Å². The Balaban J connectivity index is 1.87. The molecule has 120 valence electrons. The number of hydrogen-bond acceptors (Lipinski definition) is 1. The Morgan fingerprint density at radius 1 is 1.00 bits per heavy atom. The topological polar surface area (TPSA) is 3.24 Å². The van der Waals surface area contributed by atoms with Crippen molar-refractivity contribution in [3.05, 3.63) is 82.4 Å². The summed E-state index contributed by atoms with van der Waals surface area (Å²) < 4.78 is 39.3. The van der Waals surface area contributed by atoms with Crippen LogP contribution in [0.1, 0.15) is 17.2 Å². The van der Waals surface area contributed by atoms with E-state index in [-0.39, 0.29) is 12.6 Å². The van der Waals surface area contributed by atoms with Crippen molar-refractivity contribution in [1.29, 1.82) is 0 Å². The molecule has 0 fully saturated rings. The Kier molecular flexibility index (Phi) is 4.46. The fourth-order valence-electron chi connectivity index (χ4n) is 2.79. The third-order valence-electron chi connectivity index (χ3n) is 3.93. The van der Waals surface area contributed by atoms with Gasteiger partial charge in [-0.25, -0.2) is 0 Å². The summed E-state index contributed by atoms with van der Waals surface area (Å²) in [6, 6.07) is 16.1. The smallest absolute Gasteiger partial charge is 0.284 e. The molecule has 1 aliphatic heterocycles. The molecule has 5 heteroatoms. The average molecular weight is 338 g/mol. The minimum absolute atomic E-state index is 0.105. The third-order valence-corrected chi connectivity index (χ3v) is 4.18. The zero-order chi connectivity index (χ0) is 16.4. The molecule has 0 bridgehead atoms. The van der Waals surface area contributed by atoms with Gasteiger partial charge in [-0.1, -0.05) is 60.1 Å².